The predicted octanol–water partition coefficient (Wildman–Crippen LogP) is 1.59. The van der Waals surface area contributed by atoms with Gasteiger partial charge < -0.3 is 25.0 Å². The summed E-state index contributed by atoms with van der Waals surface area (Å²) in [5, 5.41) is 12.3. The highest BCUT2D eigenvalue weighted by Gasteiger charge is 2.23. The molecule has 0 bridgehead atoms. The third-order valence-corrected chi connectivity index (χ3v) is 3.28. The molecule has 122 valence electrons. The van der Waals surface area contributed by atoms with Crippen LogP contribution in [0.1, 0.15) is 33.6 Å². The van der Waals surface area contributed by atoms with Gasteiger partial charge in [0.25, 0.3) is 0 Å². The molecular formula is C14H27N3O4. The molecule has 0 radical (unpaired) electrons. The fourth-order valence-corrected chi connectivity index (χ4v) is 2.19. The molecule has 1 fully saturated rings. The average Bonchev–Trinajstić information content (AvgIpc) is 2.37. The van der Waals surface area contributed by atoms with E-state index in [1.807, 2.05) is 20.8 Å². The van der Waals surface area contributed by atoms with Gasteiger partial charge in [0.2, 0.25) is 0 Å². The number of piperidine rings is 1. The van der Waals surface area contributed by atoms with Gasteiger partial charge in [0, 0.05) is 39.3 Å². The lowest BCUT2D eigenvalue weighted by Gasteiger charge is -2.32. The summed E-state index contributed by atoms with van der Waals surface area (Å²) in [5.74, 6) is 0. The largest absolute Gasteiger partial charge is 0.465 e. The highest BCUT2D eigenvalue weighted by molar-refractivity contribution is 5.67. The van der Waals surface area contributed by atoms with Crippen LogP contribution in [0.4, 0.5) is 9.59 Å². The van der Waals surface area contributed by atoms with E-state index in [4.69, 9.17) is 9.84 Å². The maximum Gasteiger partial charge on any atom is 0.410 e. The maximum absolute atomic E-state index is 11.8. The van der Waals surface area contributed by atoms with Crippen LogP contribution in [0.25, 0.3) is 0 Å². The monoisotopic (exact) mass is 301 g/mol. The molecule has 7 heteroatoms. The number of carbonyl (C=O) groups is 2. The number of carbonyl (C=O) groups excluding carboxylic acids is 1. The molecule has 1 aliphatic heterocycles. The molecule has 1 atom stereocenters. The normalized spacial score (nSPS) is 19.2. The molecule has 1 saturated heterocycles. The Kier molecular flexibility index (Phi) is 6.26. The van der Waals surface area contributed by atoms with Crippen LogP contribution < -0.4 is 5.32 Å². The van der Waals surface area contributed by atoms with Gasteiger partial charge in [-0.1, -0.05) is 0 Å². The molecule has 2 amide bonds. The first-order chi connectivity index (χ1) is 9.69. The van der Waals surface area contributed by atoms with E-state index in [0.29, 0.717) is 26.2 Å². The Morgan fingerprint density at radius 2 is 2.10 bits per heavy atom. The molecular weight excluding hydrogens is 274 g/mol. The van der Waals surface area contributed by atoms with E-state index in [-0.39, 0.29) is 12.1 Å². The van der Waals surface area contributed by atoms with Gasteiger partial charge in [0.05, 0.1) is 0 Å². The van der Waals surface area contributed by atoms with Crippen LogP contribution in [0.5, 0.6) is 0 Å². The van der Waals surface area contributed by atoms with E-state index >= 15 is 0 Å². The van der Waals surface area contributed by atoms with Crippen LogP contribution in [0, 0.1) is 0 Å². The number of hydrogen-bond donors (Lipinski definition) is 2. The molecule has 1 rings (SSSR count). The standard InChI is InChI=1S/C14H27N3O4/c1-14(2,3)21-13(20)16(4)9-7-15-11-6-5-8-17(10-11)12(18)19/h11,15H,5-10H2,1-4H3,(H,18,19)/t11-/m0/s1. The minimum absolute atomic E-state index is 0.155. The first-order valence-electron chi connectivity index (χ1n) is 7.34. The van der Waals surface area contributed by atoms with Crippen molar-refractivity contribution in [3.63, 3.8) is 0 Å². The summed E-state index contributed by atoms with van der Waals surface area (Å²) in [6, 6.07) is 0.155. The Morgan fingerprint density at radius 3 is 2.67 bits per heavy atom. The fourth-order valence-electron chi connectivity index (χ4n) is 2.19. The minimum Gasteiger partial charge on any atom is -0.465 e. The van der Waals surface area contributed by atoms with E-state index < -0.39 is 11.7 Å². The van der Waals surface area contributed by atoms with Gasteiger partial charge in [-0.3, -0.25) is 0 Å². The molecule has 0 unspecified atom stereocenters. The summed E-state index contributed by atoms with van der Waals surface area (Å²) < 4.78 is 5.26. The minimum atomic E-state index is -0.868. The Balaban J connectivity index is 2.26. The lowest BCUT2D eigenvalue weighted by atomic mass is 10.1. The van der Waals surface area contributed by atoms with Gasteiger partial charge in [0.15, 0.2) is 0 Å². The molecule has 0 aromatic carbocycles. The number of nitrogens with one attached hydrogen (secondary N) is 1. The smallest absolute Gasteiger partial charge is 0.410 e. The van der Waals surface area contributed by atoms with Crippen molar-refractivity contribution in [2.24, 2.45) is 0 Å². The second kappa shape index (κ2) is 7.49. The molecule has 1 heterocycles. The lowest BCUT2D eigenvalue weighted by molar-refractivity contribution is 0.0298. The van der Waals surface area contributed by atoms with E-state index in [0.717, 1.165) is 12.8 Å². The van der Waals surface area contributed by atoms with Crippen LogP contribution in [0.2, 0.25) is 0 Å². The van der Waals surface area contributed by atoms with Crippen LogP contribution >= 0.6 is 0 Å². The molecule has 0 saturated carbocycles. The van der Waals surface area contributed by atoms with Gasteiger partial charge >= 0.3 is 12.2 Å². The lowest BCUT2D eigenvalue weighted by Crippen LogP contribution is -2.49. The van der Waals surface area contributed by atoms with Gasteiger partial charge in [-0.05, 0) is 33.6 Å². The highest BCUT2D eigenvalue weighted by atomic mass is 16.6. The van der Waals surface area contributed by atoms with Crippen molar-refractivity contribution in [2.45, 2.75) is 45.3 Å². The van der Waals surface area contributed by atoms with Crippen molar-refractivity contribution in [3.05, 3.63) is 0 Å². The molecule has 0 aromatic rings. The Hall–Kier alpha value is -1.50. The quantitative estimate of drug-likeness (QED) is 0.824. The first kappa shape index (κ1) is 17.6. The zero-order valence-electron chi connectivity index (χ0n) is 13.4. The van der Waals surface area contributed by atoms with E-state index in [9.17, 15) is 9.59 Å². The SMILES string of the molecule is CN(CCN[C@H]1CCCN(C(=O)O)C1)C(=O)OC(C)(C)C. The average molecular weight is 301 g/mol. The van der Waals surface area contributed by atoms with E-state index in [1.165, 1.54) is 9.80 Å². The highest BCUT2D eigenvalue weighted by Crippen LogP contribution is 2.10. The van der Waals surface area contributed by atoms with Gasteiger partial charge in [-0.2, -0.15) is 0 Å². The first-order valence-corrected chi connectivity index (χ1v) is 7.34. The van der Waals surface area contributed by atoms with Crippen LogP contribution in [0.15, 0.2) is 0 Å². The molecule has 0 aromatic heterocycles. The molecule has 1 aliphatic rings. The number of hydrogen-bond acceptors (Lipinski definition) is 4. The van der Waals surface area contributed by atoms with Crippen molar-refractivity contribution in [1.29, 1.82) is 0 Å². The molecule has 0 spiro atoms. The van der Waals surface area contributed by atoms with Gasteiger partial charge in [0.1, 0.15) is 5.60 Å². The Bertz CT molecular complexity index is 368. The number of carboxylic acid groups (broad SMARTS) is 1. The van der Waals surface area contributed by atoms with Crippen LogP contribution in [-0.2, 0) is 4.74 Å². The summed E-state index contributed by atoms with van der Waals surface area (Å²) >= 11 is 0. The number of ether oxygens (including phenoxy) is 1. The zero-order chi connectivity index (χ0) is 16.0. The Morgan fingerprint density at radius 1 is 1.43 bits per heavy atom. The number of amides is 2. The molecule has 0 aliphatic carbocycles. The van der Waals surface area contributed by atoms with Crippen molar-refractivity contribution in [1.82, 2.24) is 15.1 Å². The molecule has 2 N–H and O–H groups in total. The summed E-state index contributed by atoms with van der Waals surface area (Å²) in [5.41, 5.74) is -0.496. The van der Waals surface area contributed by atoms with E-state index in [1.54, 1.807) is 7.05 Å². The third-order valence-electron chi connectivity index (χ3n) is 3.28. The Labute approximate surface area is 126 Å². The number of nitrogens with zero attached hydrogens (tertiary/aromatic N) is 2. The molecule has 7 nitrogen and oxygen atoms in total. The van der Waals surface area contributed by atoms with Crippen molar-refractivity contribution < 1.29 is 19.4 Å². The number of likely N-dealkylation sites (N-methyl/N-ethyl adjacent to an activating group) is 1. The summed E-state index contributed by atoms with van der Waals surface area (Å²) in [6.07, 6.45) is 0.610. The fraction of sp³-hybridized carbons (Fsp3) is 0.857. The van der Waals surface area contributed by atoms with Gasteiger partial charge in [-0.25, -0.2) is 9.59 Å². The van der Waals surface area contributed by atoms with Crippen LogP contribution in [0.3, 0.4) is 0 Å². The third kappa shape index (κ3) is 6.66. The van der Waals surface area contributed by atoms with Crippen molar-refractivity contribution in [2.75, 3.05) is 33.2 Å². The zero-order valence-corrected chi connectivity index (χ0v) is 13.4. The molecule has 21 heavy (non-hydrogen) atoms. The van der Waals surface area contributed by atoms with Crippen LogP contribution in [-0.4, -0.2) is 72.0 Å². The summed E-state index contributed by atoms with van der Waals surface area (Å²) in [4.78, 5) is 25.7. The second-order valence-electron chi connectivity index (χ2n) is 6.42. The van der Waals surface area contributed by atoms with E-state index in [2.05, 4.69) is 5.32 Å². The number of rotatable bonds is 4. The van der Waals surface area contributed by atoms with Gasteiger partial charge in [-0.15, -0.1) is 0 Å². The maximum atomic E-state index is 11.8. The number of likely N-dealkylation sites (tertiary alicyclic amines) is 1. The summed E-state index contributed by atoms with van der Waals surface area (Å²) in [7, 11) is 1.69. The second-order valence-corrected chi connectivity index (χ2v) is 6.42. The van der Waals surface area contributed by atoms with Crippen molar-refractivity contribution in [3.8, 4) is 0 Å². The topological polar surface area (TPSA) is 82.1 Å². The van der Waals surface area contributed by atoms with Crippen molar-refractivity contribution >= 4 is 12.2 Å². The predicted molar refractivity (Wildman–Crippen MR) is 79.5 cm³/mol. The summed E-state index contributed by atoms with van der Waals surface area (Å²) in [6.45, 7) is 7.75.